The third kappa shape index (κ3) is 4.67. The molecule has 0 radical (unpaired) electrons. The zero-order valence-corrected chi connectivity index (χ0v) is 12.6. The van der Waals surface area contributed by atoms with Gasteiger partial charge in [-0.05, 0) is 40.7 Å². The molecule has 0 saturated carbocycles. The Balaban J connectivity index is 2.84. The summed E-state index contributed by atoms with van der Waals surface area (Å²) in [6.07, 6.45) is 0.163. The Morgan fingerprint density at radius 1 is 1.47 bits per heavy atom. The molecule has 5 heteroatoms. The van der Waals surface area contributed by atoms with Gasteiger partial charge in [-0.2, -0.15) is 5.10 Å². The molecule has 0 bridgehead atoms. The van der Waals surface area contributed by atoms with Crippen LogP contribution in [0.25, 0.3) is 0 Å². The molecule has 0 amide bonds. The number of rotatable bonds is 6. The summed E-state index contributed by atoms with van der Waals surface area (Å²) in [5, 5.41) is 13.3. The van der Waals surface area contributed by atoms with Gasteiger partial charge in [0.2, 0.25) is 0 Å². The molecule has 19 heavy (non-hydrogen) atoms. The van der Waals surface area contributed by atoms with E-state index in [2.05, 4.69) is 43.8 Å². The Labute approximate surface area is 115 Å². The molecule has 0 saturated heterocycles. The van der Waals surface area contributed by atoms with Gasteiger partial charge in [-0.3, -0.25) is 14.4 Å². The van der Waals surface area contributed by atoms with Crippen LogP contribution in [-0.4, -0.2) is 37.8 Å². The minimum atomic E-state index is -0.755. The Kier molecular flexibility index (Phi) is 5.11. The summed E-state index contributed by atoms with van der Waals surface area (Å²) in [7, 11) is 0. The smallest absolute Gasteiger partial charge is 0.304 e. The van der Waals surface area contributed by atoms with Crippen LogP contribution in [-0.2, 0) is 17.9 Å². The first-order valence-corrected chi connectivity index (χ1v) is 6.74. The molecule has 0 aliphatic rings. The highest BCUT2D eigenvalue weighted by Crippen LogP contribution is 2.18. The molecular formula is C14H25N3O2. The predicted molar refractivity (Wildman–Crippen MR) is 75.1 cm³/mol. The second-order valence-corrected chi connectivity index (χ2v) is 5.83. The number of carboxylic acids is 1. The van der Waals surface area contributed by atoms with Crippen molar-refractivity contribution in [1.82, 2.24) is 14.7 Å². The second-order valence-electron chi connectivity index (χ2n) is 5.83. The van der Waals surface area contributed by atoms with Crippen molar-refractivity contribution < 1.29 is 9.90 Å². The van der Waals surface area contributed by atoms with Crippen molar-refractivity contribution in [1.29, 1.82) is 0 Å². The van der Waals surface area contributed by atoms with E-state index in [1.807, 2.05) is 11.6 Å². The maximum Gasteiger partial charge on any atom is 0.304 e. The largest absolute Gasteiger partial charge is 0.481 e. The molecular weight excluding hydrogens is 242 g/mol. The lowest BCUT2D eigenvalue weighted by molar-refractivity contribution is -0.137. The number of hydrogen-bond acceptors (Lipinski definition) is 3. The van der Waals surface area contributed by atoms with E-state index in [9.17, 15) is 4.79 Å². The minimum absolute atomic E-state index is 0.0633. The average molecular weight is 267 g/mol. The summed E-state index contributed by atoms with van der Waals surface area (Å²) in [5.74, 6) is -0.755. The second kappa shape index (κ2) is 6.19. The zero-order valence-electron chi connectivity index (χ0n) is 12.6. The number of aryl methyl sites for hydroxylation is 2. The van der Waals surface area contributed by atoms with Crippen molar-refractivity contribution in [2.24, 2.45) is 0 Å². The van der Waals surface area contributed by atoms with Gasteiger partial charge < -0.3 is 5.11 Å². The van der Waals surface area contributed by atoms with E-state index in [-0.39, 0.29) is 12.0 Å². The molecule has 0 unspecified atom stereocenters. The lowest BCUT2D eigenvalue weighted by atomic mass is 10.1. The normalized spacial score (nSPS) is 12.1. The van der Waals surface area contributed by atoms with E-state index >= 15 is 0 Å². The van der Waals surface area contributed by atoms with E-state index in [4.69, 9.17) is 5.11 Å². The molecule has 1 aromatic heterocycles. The van der Waals surface area contributed by atoms with Gasteiger partial charge in [-0.1, -0.05) is 0 Å². The Morgan fingerprint density at radius 2 is 2.11 bits per heavy atom. The lowest BCUT2D eigenvalue weighted by Crippen LogP contribution is -2.42. The Morgan fingerprint density at radius 3 is 2.58 bits per heavy atom. The first-order chi connectivity index (χ1) is 8.74. The molecule has 1 N–H and O–H groups in total. The molecule has 1 aromatic rings. The number of aromatic nitrogens is 2. The molecule has 5 nitrogen and oxygen atoms in total. The van der Waals surface area contributed by atoms with Crippen LogP contribution in [0.3, 0.4) is 0 Å². The van der Waals surface area contributed by atoms with Gasteiger partial charge in [-0.25, -0.2) is 0 Å². The average Bonchev–Trinajstić information content (AvgIpc) is 2.62. The van der Waals surface area contributed by atoms with Crippen molar-refractivity contribution >= 4 is 5.97 Å². The molecule has 0 fully saturated rings. The summed E-state index contributed by atoms with van der Waals surface area (Å²) >= 11 is 0. The van der Waals surface area contributed by atoms with Gasteiger partial charge in [0.05, 0.1) is 17.8 Å². The highest BCUT2D eigenvalue weighted by molar-refractivity contribution is 5.66. The first-order valence-electron chi connectivity index (χ1n) is 6.74. The van der Waals surface area contributed by atoms with Gasteiger partial charge in [0.25, 0.3) is 0 Å². The quantitative estimate of drug-likeness (QED) is 0.859. The topological polar surface area (TPSA) is 58.4 Å². The fourth-order valence-electron chi connectivity index (χ4n) is 2.08. The number of nitrogens with zero attached hydrogens (tertiary/aromatic N) is 3. The van der Waals surface area contributed by atoms with Crippen LogP contribution in [0.5, 0.6) is 0 Å². The minimum Gasteiger partial charge on any atom is -0.481 e. The van der Waals surface area contributed by atoms with Crippen LogP contribution in [0.4, 0.5) is 0 Å². The first kappa shape index (κ1) is 15.7. The van der Waals surface area contributed by atoms with Crippen LogP contribution in [0.2, 0.25) is 0 Å². The molecule has 0 aliphatic heterocycles. The Hall–Kier alpha value is -1.36. The zero-order chi connectivity index (χ0) is 14.6. The molecule has 0 atom stereocenters. The van der Waals surface area contributed by atoms with Crippen molar-refractivity contribution in [3.05, 3.63) is 17.5 Å². The van der Waals surface area contributed by atoms with Crippen LogP contribution in [0.15, 0.2) is 6.07 Å². The van der Waals surface area contributed by atoms with Gasteiger partial charge in [0, 0.05) is 25.2 Å². The number of aliphatic carboxylic acids is 1. The van der Waals surface area contributed by atoms with E-state index in [1.54, 1.807) is 0 Å². The molecule has 0 spiro atoms. The monoisotopic (exact) mass is 267 g/mol. The summed E-state index contributed by atoms with van der Waals surface area (Å²) < 4.78 is 1.98. The SMILES string of the molecule is CCn1nc(C)cc1CN(CCC(=O)O)C(C)(C)C. The predicted octanol–water partition coefficient (Wildman–Crippen LogP) is 2.29. The summed E-state index contributed by atoms with van der Waals surface area (Å²) in [6.45, 7) is 12.5. The fraction of sp³-hybridized carbons (Fsp3) is 0.714. The van der Waals surface area contributed by atoms with Crippen molar-refractivity contribution in [2.75, 3.05) is 6.54 Å². The standard InChI is InChI=1S/C14H25N3O2/c1-6-17-12(9-11(2)15-17)10-16(14(3,4)5)8-7-13(18)19/h9H,6-8,10H2,1-5H3,(H,18,19). The van der Waals surface area contributed by atoms with Gasteiger partial charge >= 0.3 is 5.97 Å². The maximum absolute atomic E-state index is 10.8. The van der Waals surface area contributed by atoms with Crippen molar-refractivity contribution in [3.63, 3.8) is 0 Å². The van der Waals surface area contributed by atoms with Crippen LogP contribution < -0.4 is 0 Å². The third-order valence-electron chi connectivity index (χ3n) is 3.18. The summed E-state index contributed by atoms with van der Waals surface area (Å²) in [4.78, 5) is 13.0. The fourth-order valence-corrected chi connectivity index (χ4v) is 2.08. The molecule has 108 valence electrons. The van der Waals surface area contributed by atoms with Gasteiger partial charge in [0.1, 0.15) is 0 Å². The number of hydrogen-bond donors (Lipinski definition) is 1. The van der Waals surface area contributed by atoms with E-state index in [1.165, 1.54) is 0 Å². The van der Waals surface area contributed by atoms with Crippen LogP contribution >= 0.6 is 0 Å². The number of carbonyl (C=O) groups is 1. The highest BCUT2D eigenvalue weighted by Gasteiger charge is 2.23. The van der Waals surface area contributed by atoms with Crippen molar-refractivity contribution in [2.45, 2.75) is 59.7 Å². The van der Waals surface area contributed by atoms with Crippen molar-refractivity contribution in [3.8, 4) is 0 Å². The Bertz CT molecular complexity index is 432. The van der Waals surface area contributed by atoms with Gasteiger partial charge in [-0.15, -0.1) is 0 Å². The summed E-state index contributed by atoms with van der Waals surface area (Å²) in [5.41, 5.74) is 2.08. The molecule has 0 aliphatic carbocycles. The van der Waals surface area contributed by atoms with Crippen LogP contribution in [0.1, 0.15) is 45.5 Å². The lowest BCUT2D eigenvalue weighted by Gasteiger charge is -2.35. The van der Waals surface area contributed by atoms with E-state index in [0.717, 1.165) is 24.5 Å². The van der Waals surface area contributed by atoms with E-state index in [0.29, 0.717) is 6.54 Å². The molecule has 0 aromatic carbocycles. The highest BCUT2D eigenvalue weighted by atomic mass is 16.4. The number of carboxylic acid groups (broad SMARTS) is 1. The van der Waals surface area contributed by atoms with Gasteiger partial charge in [0.15, 0.2) is 0 Å². The molecule has 1 heterocycles. The molecule has 1 rings (SSSR count). The maximum atomic E-state index is 10.8. The summed E-state index contributed by atoms with van der Waals surface area (Å²) in [6, 6.07) is 2.07. The van der Waals surface area contributed by atoms with E-state index < -0.39 is 5.97 Å². The third-order valence-corrected chi connectivity index (χ3v) is 3.18. The van der Waals surface area contributed by atoms with Crippen LogP contribution in [0, 0.1) is 6.92 Å².